The van der Waals surface area contributed by atoms with Crippen LogP contribution in [0.4, 0.5) is 4.79 Å². The molecule has 8 nitrogen and oxygen atoms in total. The fourth-order valence-electron chi connectivity index (χ4n) is 3.75. The first-order valence-corrected chi connectivity index (χ1v) is 10.9. The number of imide groups is 1. The van der Waals surface area contributed by atoms with E-state index in [9.17, 15) is 19.2 Å². The average molecular weight is 430 g/mol. The number of rotatable bonds is 5. The lowest BCUT2D eigenvalue weighted by Gasteiger charge is -2.33. The average Bonchev–Trinajstić information content (AvgIpc) is 2.95. The summed E-state index contributed by atoms with van der Waals surface area (Å²) in [5, 5.41) is 2.98. The molecule has 2 aliphatic heterocycles. The smallest absolute Gasteiger partial charge is 0.410 e. The highest BCUT2D eigenvalue weighted by Gasteiger charge is 2.35. The van der Waals surface area contributed by atoms with Crippen LogP contribution in [-0.4, -0.2) is 64.9 Å². The van der Waals surface area contributed by atoms with Gasteiger partial charge in [-0.2, -0.15) is 0 Å². The van der Waals surface area contributed by atoms with Crippen LogP contribution in [0.2, 0.25) is 0 Å². The Morgan fingerprint density at radius 1 is 1.10 bits per heavy atom. The molecule has 31 heavy (non-hydrogen) atoms. The van der Waals surface area contributed by atoms with E-state index in [2.05, 4.69) is 5.32 Å². The normalized spacial score (nSPS) is 17.0. The number of nitrogens with one attached hydrogen (secondary N) is 1. The van der Waals surface area contributed by atoms with Gasteiger partial charge in [0.1, 0.15) is 5.60 Å². The number of amides is 4. The highest BCUT2D eigenvalue weighted by Crippen LogP contribution is 2.25. The Bertz CT molecular complexity index is 882. The van der Waals surface area contributed by atoms with E-state index in [0.717, 1.165) is 12.8 Å². The lowest BCUT2D eigenvalue weighted by molar-refractivity contribution is 0.0199. The SMILES string of the molecule is CCCCN1C(=O)c2ccc(C(=O)NC3CCN(C(=O)OC(C)(C)C)CC3)cc2C1=O. The fraction of sp³-hybridized carbons (Fsp3) is 0.565. The third-order valence-electron chi connectivity index (χ3n) is 5.45. The Morgan fingerprint density at radius 2 is 1.74 bits per heavy atom. The van der Waals surface area contributed by atoms with Crippen LogP contribution in [0.25, 0.3) is 0 Å². The molecule has 0 saturated carbocycles. The molecule has 1 fully saturated rings. The predicted octanol–water partition coefficient (Wildman–Crippen LogP) is 3.21. The molecule has 0 aliphatic carbocycles. The molecule has 168 valence electrons. The topological polar surface area (TPSA) is 96.0 Å². The first-order chi connectivity index (χ1) is 14.6. The van der Waals surface area contributed by atoms with E-state index in [4.69, 9.17) is 4.74 Å². The van der Waals surface area contributed by atoms with Crippen molar-refractivity contribution in [3.63, 3.8) is 0 Å². The Kier molecular flexibility index (Phi) is 6.67. The second kappa shape index (κ2) is 9.08. The van der Waals surface area contributed by atoms with Gasteiger partial charge >= 0.3 is 6.09 Å². The molecule has 0 atom stereocenters. The van der Waals surface area contributed by atoms with Crippen molar-refractivity contribution in [3.05, 3.63) is 34.9 Å². The molecular weight excluding hydrogens is 398 g/mol. The Hall–Kier alpha value is -2.90. The number of carbonyl (C=O) groups excluding carboxylic acids is 4. The van der Waals surface area contributed by atoms with Gasteiger partial charge in [0.2, 0.25) is 0 Å². The third-order valence-corrected chi connectivity index (χ3v) is 5.45. The van der Waals surface area contributed by atoms with Crippen molar-refractivity contribution in [2.24, 2.45) is 0 Å². The van der Waals surface area contributed by atoms with Gasteiger partial charge in [-0.1, -0.05) is 13.3 Å². The van der Waals surface area contributed by atoms with Gasteiger partial charge in [-0.05, 0) is 58.2 Å². The molecule has 0 aromatic heterocycles. The van der Waals surface area contributed by atoms with Gasteiger partial charge in [-0.3, -0.25) is 19.3 Å². The minimum absolute atomic E-state index is 0.0715. The van der Waals surface area contributed by atoms with Crippen molar-refractivity contribution >= 4 is 23.8 Å². The van der Waals surface area contributed by atoms with Crippen LogP contribution in [0.3, 0.4) is 0 Å². The highest BCUT2D eigenvalue weighted by atomic mass is 16.6. The van der Waals surface area contributed by atoms with E-state index >= 15 is 0 Å². The maximum Gasteiger partial charge on any atom is 0.410 e. The summed E-state index contributed by atoms with van der Waals surface area (Å²) in [6.07, 6.45) is 2.54. The molecular formula is C23H31N3O5. The summed E-state index contributed by atoms with van der Waals surface area (Å²) >= 11 is 0. The van der Waals surface area contributed by atoms with E-state index in [1.807, 2.05) is 27.7 Å². The van der Waals surface area contributed by atoms with Crippen LogP contribution in [-0.2, 0) is 4.74 Å². The number of unbranched alkanes of at least 4 members (excludes halogenated alkanes) is 1. The minimum Gasteiger partial charge on any atom is -0.444 e. The van der Waals surface area contributed by atoms with Gasteiger partial charge in [-0.25, -0.2) is 4.79 Å². The molecule has 3 rings (SSSR count). The van der Waals surface area contributed by atoms with E-state index < -0.39 is 5.60 Å². The van der Waals surface area contributed by atoms with Crippen molar-refractivity contribution < 1.29 is 23.9 Å². The third kappa shape index (κ3) is 5.24. The van der Waals surface area contributed by atoms with E-state index in [-0.39, 0.29) is 35.4 Å². The van der Waals surface area contributed by atoms with Crippen LogP contribution in [0, 0.1) is 0 Å². The summed E-state index contributed by atoms with van der Waals surface area (Å²) in [6.45, 7) is 8.88. The molecule has 2 aliphatic rings. The monoisotopic (exact) mass is 429 g/mol. The molecule has 1 aromatic carbocycles. The van der Waals surface area contributed by atoms with Crippen LogP contribution < -0.4 is 5.32 Å². The summed E-state index contributed by atoms with van der Waals surface area (Å²) in [4.78, 5) is 52.9. The quantitative estimate of drug-likeness (QED) is 0.725. The number of ether oxygens (including phenoxy) is 1. The molecule has 1 N–H and O–H groups in total. The highest BCUT2D eigenvalue weighted by molar-refractivity contribution is 6.22. The Balaban J connectivity index is 1.58. The first-order valence-electron chi connectivity index (χ1n) is 10.9. The molecule has 4 amide bonds. The Labute approximate surface area is 182 Å². The van der Waals surface area contributed by atoms with Crippen LogP contribution in [0.15, 0.2) is 18.2 Å². The van der Waals surface area contributed by atoms with Crippen LogP contribution in [0.5, 0.6) is 0 Å². The van der Waals surface area contributed by atoms with Gasteiger partial charge < -0.3 is 15.0 Å². The summed E-state index contributed by atoms with van der Waals surface area (Å²) in [5.74, 6) is -0.922. The number of hydrogen-bond donors (Lipinski definition) is 1. The maximum absolute atomic E-state index is 12.7. The van der Waals surface area contributed by atoms with Crippen molar-refractivity contribution in [1.82, 2.24) is 15.1 Å². The predicted molar refractivity (Wildman–Crippen MR) is 115 cm³/mol. The van der Waals surface area contributed by atoms with E-state index in [1.54, 1.807) is 17.0 Å². The van der Waals surface area contributed by atoms with Gasteiger partial charge in [0.25, 0.3) is 17.7 Å². The number of nitrogens with zero attached hydrogens (tertiary/aromatic N) is 2. The molecule has 0 bridgehead atoms. The fourth-order valence-corrected chi connectivity index (χ4v) is 3.75. The number of fused-ring (bicyclic) bond motifs is 1. The number of piperidine rings is 1. The molecule has 2 heterocycles. The van der Waals surface area contributed by atoms with Crippen molar-refractivity contribution in [1.29, 1.82) is 0 Å². The number of hydrogen-bond acceptors (Lipinski definition) is 5. The lowest BCUT2D eigenvalue weighted by atomic mass is 10.0. The maximum atomic E-state index is 12.7. The summed E-state index contributed by atoms with van der Waals surface area (Å²) in [5.41, 5.74) is 0.448. The summed E-state index contributed by atoms with van der Waals surface area (Å²) < 4.78 is 5.39. The van der Waals surface area contributed by atoms with Gasteiger partial charge in [0.05, 0.1) is 11.1 Å². The molecule has 1 aromatic rings. The van der Waals surface area contributed by atoms with Crippen LogP contribution >= 0.6 is 0 Å². The van der Waals surface area contributed by atoms with Crippen molar-refractivity contribution in [2.75, 3.05) is 19.6 Å². The second-order valence-corrected chi connectivity index (χ2v) is 9.09. The van der Waals surface area contributed by atoms with Gasteiger partial charge in [0.15, 0.2) is 0 Å². The summed E-state index contributed by atoms with van der Waals surface area (Å²) in [6, 6.07) is 4.57. The molecule has 8 heteroatoms. The number of carbonyl (C=O) groups is 4. The minimum atomic E-state index is -0.541. The summed E-state index contributed by atoms with van der Waals surface area (Å²) in [7, 11) is 0. The van der Waals surface area contributed by atoms with E-state index in [0.29, 0.717) is 43.6 Å². The zero-order valence-corrected chi connectivity index (χ0v) is 18.7. The van der Waals surface area contributed by atoms with Crippen molar-refractivity contribution in [3.8, 4) is 0 Å². The number of likely N-dealkylation sites (tertiary alicyclic amines) is 1. The van der Waals surface area contributed by atoms with E-state index in [1.165, 1.54) is 11.0 Å². The standard InChI is InChI=1S/C23H31N3O5/c1-5-6-11-26-20(28)17-8-7-15(14-18(17)21(26)29)19(27)24-16-9-12-25(13-10-16)22(30)31-23(2,3)4/h7-8,14,16H,5-6,9-13H2,1-4H3,(H,24,27). The molecule has 0 spiro atoms. The molecule has 1 saturated heterocycles. The first kappa shape index (κ1) is 22.8. The molecule has 0 unspecified atom stereocenters. The Morgan fingerprint density at radius 3 is 2.35 bits per heavy atom. The number of benzene rings is 1. The van der Waals surface area contributed by atoms with Crippen LogP contribution in [0.1, 0.15) is 84.5 Å². The van der Waals surface area contributed by atoms with Gasteiger partial charge in [-0.15, -0.1) is 0 Å². The zero-order chi connectivity index (χ0) is 22.8. The van der Waals surface area contributed by atoms with Gasteiger partial charge in [0, 0.05) is 31.2 Å². The zero-order valence-electron chi connectivity index (χ0n) is 18.7. The second-order valence-electron chi connectivity index (χ2n) is 9.09. The molecule has 0 radical (unpaired) electrons. The largest absolute Gasteiger partial charge is 0.444 e. The van der Waals surface area contributed by atoms with Crippen molar-refractivity contribution in [2.45, 2.75) is 65.0 Å². The lowest BCUT2D eigenvalue weighted by Crippen LogP contribution is -2.47.